The van der Waals surface area contributed by atoms with Gasteiger partial charge in [-0.25, -0.2) is 9.97 Å². The second-order valence-corrected chi connectivity index (χ2v) is 7.83. The van der Waals surface area contributed by atoms with E-state index in [1.807, 2.05) is 0 Å². The van der Waals surface area contributed by atoms with Crippen LogP contribution in [0.2, 0.25) is 5.02 Å². The molecule has 4 aromatic rings. The van der Waals surface area contributed by atoms with Crippen LogP contribution in [0.3, 0.4) is 0 Å². The number of halogens is 2. The van der Waals surface area contributed by atoms with E-state index in [2.05, 4.69) is 36.2 Å². The van der Waals surface area contributed by atoms with Crippen molar-refractivity contribution in [3.05, 3.63) is 69.9 Å². The van der Waals surface area contributed by atoms with Gasteiger partial charge in [-0.2, -0.15) is 0 Å². The Morgan fingerprint density at radius 1 is 1.23 bits per heavy atom. The van der Waals surface area contributed by atoms with E-state index >= 15 is 0 Å². The standard InChI is InChI=1S/C20H16BrClN6O2/c1-27(20(30)15-5-4-12-9-23-10-13(21)17(12)26-15)8-6-24-19(29)16-11-25-18-14(22)3-2-7-28(16)18/h2-5,7,9-11H,6,8H2,1H3,(H,24,29). The van der Waals surface area contributed by atoms with Gasteiger partial charge in [0.1, 0.15) is 11.4 Å². The van der Waals surface area contributed by atoms with Gasteiger partial charge in [0.15, 0.2) is 5.65 Å². The van der Waals surface area contributed by atoms with Crippen LogP contribution in [0.1, 0.15) is 21.0 Å². The van der Waals surface area contributed by atoms with Gasteiger partial charge in [-0.05, 0) is 40.2 Å². The van der Waals surface area contributed by atoms with Gasteiger partial charge < -0.3 is 10.2 Å². The number of carbonyl (C=O) groups is 2. The average molecular weight is 488 g/mol. The number of likely N-dealkylation sites (N-methyl/N-ethyl adjacent to an activating group) is 1. The number of aromatic nitrogens is 4. The summed E-state index contributed by atoms with van der Waals surface area (Å²) in [5, 5.41) is 4.10. The number of imidazole rings is 1. The van der Waals surface area contributed by atoms with E-state index in [0.717, 1.165) is 9.86 Å². The monoisotopic (exact) mass is 486 g/mol. The summed E-state index contributed by atoms with van der Waals surface area (Å²) < 4.78 is 2.34. The van der Waals surface area contributed by atoms with Gasteiger partial charge in [-0.3, -0.25) is 19.0 Å². The summed E-state index contributed by atoms with van der Waals surface area (Å²) in [7, 11) is 1.66. The van der Waals surface area contributed by atoms with Crippen molar-refractivity contribution < 1.29 is 9.59 Å². The van der Waals surface area contributed by atoms with E-state index in [-0.39, 0.29) is 18.4 Å². The van der Waals surface area contributed by atoms with E-state index in [9.17, 15) is 9.59 Å². The average Bonchev–Trinajstić information content (AvgIpc) is 3.19. The fourth-order valence-electron chi connectivity index (χ4n) is 3.00. The van der Waals surface area contributed by atoms with Crippen LogP contribution < -0.4 is 5.32 Å². The third-order valence-electron chi connectivity index (χ3n) is 4.57. The molecule has 0 aliphatic carbocycles. The number of amides is 2. The zero-order valence-corrected chi connectivity index (χ0v) is 18.2. The molecule has 8 nitrogen and oxygen atoms in total. The van der Waals surface area contributed by atoms with Crippen LogP contribution in [-0.2, 0) is 0 Å². The fraction of sp³-hybridized carbons (Fsp3) is 0.150. The van der Waals surface area contributed by atoms with Gasteiger partial charge in [0.05, 0.1) is 21.2 Å². The predicted octanol–water partition coefficient (Wildman–Crippen LogP) is 3.20. The third kappa shape index (κ3) is 3.86. The zero-order chi connectivity index (χ0) is 21.3. The topological polar surface area (TPSA) is 92.5 Å². The summed E-state index contributed by atoms with van der Waals surface area (Å²) in [6.45, 7) is 0.593. The molecule has 0 saturated heterocycles. The number of hydrogen-bond acceptors (Lipinski definition) is 5. The maximum absolute atomic E-state index is 12.7. The summed E-state index contributed by atoms with van der Waals surface area (Å²) in [5.74, 6) is -0.540. The van der Waals surface area contributed by atoms with Crippen LogP contribution in [0.4, 0.5) is 0 Å². The number of carbonyl (C=O) groups excluding carboxylic acids is 2. The Hall–Kier alpha value is -3.04. The van der Waals surface area contributed by atoms with Gasteiger partial charge in [-0.15, -0.1) is 0 Å². The molecule has 0 spiro atoms. The van der Waals surface area contributed by atoms with Gasteiger partial charge >= 0.3 is 0 Å². The first-order valence-corrected chi connectivity index (χ1v) is 10.2. The first kappa shape index (κ1) is 20.2. The second kappa shape index (κ2) is 8.37. The Balaban J connectivity index is 1.40. The minimum Gasteiger partial charge on any atom is -0.349 e. The number of pyridine rings is 3. The van der Waals surface area contributed by atoms with Crippen LogP contribution in [-0.4, -0.2) is 56.2 Å². The molecule has 0 aliphatic heterocycles. The molecule has 2 amide bonds. The van der Waals surface area contributed by atoms with Crippen molar-refractivity contribution in [2.75, 3.05) is 20.1 Å². The number of rotatable bonds is 5. The van der Waals surface area contributed by atoms with Gasteiger partial charge in [0, 0.05) is 44.1 Å². The lowest BCUT2D eigenvalue weighted by molar-refractivity contribution is 0.0781. The molecule has 10 heteroatoms. The lowest BCUT2D eigenvalue weighted by atomic mass is 10.2. The molecule has 0 radical (unpaired) electrons. The van der Waals surface area contributed by atoms with E-state index in [1.54, 1.807) is 54.3 Å². The van der Waals surface area contributed by atoms with E-state index in [1.165, 1.54) is 11.1 Å². The molecule has 0 unspecified atom stereocenters. The van der Waals surface area contributed by atoms with Crippen LogP contribution in [0, 0.1) is 0 Å². The maximum Gasteiger partial charge on any atom is 0.272 e. The van der Waals surface area contributed by atoms with Gasteiger partial charge in [0.2, 0.25) is 0 Å². The Morgan fingerprint density at radius 3 is 2.90 bits per heavy atom. The summed E-state index contributed by atoms with van der Waals surface area (Å²) >= 11 is 9.49. The SMILES string of the molecule is CN(CCNC(=O)c1cnc2c(Cl)cccn12)C(=O)c1ccc2cncc(Br)c2n1. The van der Waals surface area contributed by atoms with Crippen molar-refractivity contribution in [2.24, 2.45) is 0 Å². The first-order chi connectivity index (χ1) is 14.5. The van der Waals surface area contributed by atoms with E-state index < -0.39 is 0 Å². The molecular weight excluding hydrogens is 472 g/mol. The highest BCUT2D eigenvalue weighted by Crippen LogP contribution is 2.21. The highest BCUT2D eigenvalue weighted by molar-refractivity contribution is 9.10. The lowest BCUT2D eigenvalue weighted by Gasteiger charge is -2.17. The summed E-state index contributed by atoms with van der Waals surface area (Å²) in [6, 6.07) is 6.92. The molecule has 4 rings (SSSR count). The molecule has 0 fully saturated rings. The number of nitrogens with one attached hydrogen (secondary N) is 1. The van der Waals surface area contributed by atoms with Crippen LogP contribution in [0.15, 0.2) is 53.5 Å². The molecule has 152 valence electrons. The van der Waals surface area contributed by atoms with Crippen LogP contribution in [0.5, 0.6) is 0 Å². The fourth-order valence-corrected chi connectivity index (χ4v) is 3.65. The van der Waals surface area contributed by atoms with E-state index in [4.69, 9.17) is 11.6 Å². The summed E-state index contributed by atoms with van der Waals surface area (Å²) in [6.07, 6.45) is 6.51. The number of hydrogen-bond donors (Lipinski definition) is 1. The second-order valence-electron chi connectivity index (χ2n) is 6.57. The molecule has 30 heavy (non-hydrogen) atoms. The lowest BCUT2D eigenvalue weighted by Crippen LogP contribution is -2.36. The molecule has 1 N–H and O–H groups in total. The maximum atomic E-state index is 12.7. The van der Waals surface area contributed by atoms with Crippen molar-refractivity contribution >= 4 is 55.9 Å². The van der Waals surface area contributed by atoms with Crippen molar-refractivity contribution in [1.82, 2.24) is 29.6 Å². The van der Waals surface area contributed by atoms with Gasteiger partial charge in [0.25, 0.3) is 11.8 Å². The highest BCUT2D eigenvalue weighted by atomic mass is 79.9. The van der Waals surface area contributed by atoms with Crippen LogP contribution in [0.25, 0.3) is 16.6 Å². The van der Waals surface area contributed by atoms with Gasteiger partial charge in [-0.1, -0.05) is 11.6 Å². The molecule has 0 saturated carbocycles. The third-order valence-corrected chi connectivity index (χ3v) is 5.45. The molecule has 0 bridgehead atoms. The quantitative estimate of drug-likeness (QED) is 0.467. The van der Waals surface area contributed by atoms with Crippen LogP contribution >= 0.6 is 27.5 Å². The minimum atomic E-state index is -0.300. The summed E-state index contributed by atoms with van der Waals surface area (Å²) in [4.78, 5) is 39.4. The smallest absolute Gasteiger partial charge is 0.272 e. The number of nitrogens with zero attached hydrogens (tertiary/aromatic N) is 5. The predicted molar refractivity (Wildman–Crippen MR) is 117 cm³/mol. The summed E-state index contributed by atoms with van der Waals surface area (Å²) in [5.41, 5.74) is 1.87. The van der Waals surface area contributed by atoms with Crippen molar-refractivity contribution in [3.8, 4) is 0 Å². The molecular formula is C20H16BrClN6O2. The largest absolute Gasteiger partial charge is 0.349 e. The van der Waals surface area contributed by atoms with Crippen molar-refractivity contribution in [3.63, 3.8) is 0 Å². The molecule has 0 aliphatic rings. The van der Waals surface area contributed by atoms with E-state index in [0.29, 0.717) is 34.1 Å². The Bertz CT molecular complexity index is 1270. The number of fused-ring (bicyclic) bond motifs is 2. The molecule has 4 aromatic heterocycles. The minimum absolute atomic E-state index is 0.239. The molecule has 0 aromatic carbocycles. The Labute approximate surface area is 185 Å². The molecule has 0 atom stereocenters. The van der Waals surface area contributed by atoms with Crippen molar-refractivity contribution in [1.29, 1.82) is 0 Å². The Morgan fingerprint density at radius 2 is 2.07 bits per heavy atom. The molecule has 4 heterocycles. The zero-order valence-electron chi connectivity index (χ0n) is 15.8. The highest BCUT2D eigenvalue weighted by Gasteiger charge is 2.16. The Kier molecular flexibility index (Phi) is 5.65. The van der Waals surface area contributed by atoms with Crippen molar-refractivity contribution in [2.45, 2.75) is 0 Å². The first-order valence-electron chi connectivity index (χ1n) is 9.01. The normalized spacial score (nSPS) is 11.0.